The summed E-state index contributed by atoms with van der Waals surface area (Å²) in [5, 5.41) is 2.90. The molecule has 18 heavy (non-hydrogen) atoms. The maximum atomic E-state index is 13.0. The van der Waals surface area contributed by atoms with Gasteiger partial charge in [0.25, 0.3) is 0 Å². The molecule has 0 aliphatic heterocycles. The Morgan fingerprint density at radius 2 is 2.22 bits per heavy atom. The van der Waals surface area contributed by atoms with Crippen molar-refractivity contribution in [2.24, 2.45) is 5.41 Å². The highest BCUT2D eigenvalue weighted by atomic mass is 79.9. The van der Waals surface area contributed by atoms with Crippen molar-refractivity contribution in [1.82, 2.24) is 0 Å². The number of carbonyl (C=O) groups excluding carboxylic acids is 1. The van der Waals surface area contributed by atoms with Crippen LogP contribution in [0.1, 0.15) is 19.3 Å². The van der Waals surface area contributed by atoms with Crippen LogP contribution in [-0.2, 0) is 4.79 Å². The topological polar surface area (TPSA) is 29.1 Å². The maximum Gasteiger partial charge on any atom is 0.225 e. The summed E-state index contributed by atoms with van der Waals surface area (Å²) in [7, 11) is 0. The van der Waals surface area contributed by atoms with Crippen molar-refractivity contribution in [3.63, 3.8) is 0 Å². The van der Waals surface area contributed by atoms with E-state index in [-0.39, 0.29) is 16.3 Å². The fourth-order valence-electron chi connectivity index (χ4n) is 1.75. The summed E-state index contributed by atoms with van der Waals surface area (Å²) < 4.78 is 13.5. The van der Waals surface area contributed by atoms with Crippen molar-refractivity contribution in [2.75, 3.05) is 11.1 Å². The standard InChI is InChI=1S/C12H12BrClFNOS/c13-8-3-7(15)4-9(14)11(8)16-10(17)5-12(6-18)1-2-12/h3-4,18H,1-2,5-6H2,(H,16,17). The highest BCUT2D eigenvalue weighted by Crippen LogP contribution is 2.49. The summed E-state index contributed by atoms with van der Waals surface area (Å²) in [4.78, 5) is 11.9. The molecule has 1 N–H and O–H groups in total. The van der Waals surface area contributed by atoms with Crippen LogP contribution in [0.3, 0.4) is 0 Å². The summed E-state index contributed by atoms with van der Waals surface area (Å²) in [6.07, 6.45) is 2.49. The van der Waals surface area contributed by atoms with Crippen molar-refractivity contribution in [3.8, 4) is 0 Å². The van der Waals surface area contributed by atoms with E-state index in [1.807, 2.05) is 0 Å². The Morgan fingerprint density at radius 1 is 1.56 bits per heavy atom. The summed E-state index contributed by atoms with van der Waals surface area (Å²) in [6.45, 7) is 0. The third kappa shape index (κ3) is 3.19. The van der Waals surface area contributed by atoms with Gasteiger partial charge in [0.05, 0.1) is 10.7 Å². The number of carbonyl (C=O) groups is 1. The van der Waals surface area contributed by atoms with Gasteiger partial charge in [-0.25, -0.2) is 4.39 Å². The SMILES string of the molecule is O=C(CC1(CS)CC1)Nc1c(Cl)cc(F)cc1Br. The van der Waals surface area contributed by atoms with Crippen molar-refractivity contribution in [1.29, 1.82) is 0 Å². The highest BCUT2D eigenvalue weighted by molar-refractivity contribution is 9.10. The quantitative estimate of drug-likeness (QED) is 0.778. The normalized spacial score (nSPS) is 16.4. The van der Waals surface area contributed by atoms with Crippen LogP contribution in [0, 0.1) is 11.2 Å². The first-order valence-corrected chi connectivity index (χ1v) is 7.31. The van der Waals surface area contributed by atoms with E-state index >= 15 is 0 Å². The van der Waals surface area contributed by atoms with Crippen LogP contribution in [0.4, 0.5) is 10.1 Å². The zero-order valence-electron chi connectivity index (χ0n) is 9.47. The van der Waals surface area contributed by atoms with Crippen molar-refractivity contribution in [3.05, 3.63) is 27.4 Å². The molecule has 0 aromatic heterocycles. The molecule has 0 spiro atoms. The van der Waals surface area contributed by atoms with Crippen molar-refractivity contribution in [2.45, 2.75) is 19.3 Å². The van der Waals surface area contributed by atoms with Crippen LogP contribution < -0.4 is 5.32 Å². The van der Waals surface area contributed by atoms with Crippen LogP contribution >= 0.6 is 40.2 Å². The molecule has 0 bridgehead atoms. The zero-order valence-corrected chi connectivity index (χ0v) is 12.7. The lowest BCUT2D eigenvalue weighted by molar-refractivity contribution is -0.117. The second-order valence-electron chi connectivity index (χ2n) is 4.63. The summed E-state index contributed by atoms with van der Waals surface area (Å²) in [5.41, 5.74) is 0.463. The number of nitrogens with one attached hydrogen (secondary N) is 1. The first-order valence-electron chi connectivity index (χ1n) is 5.51. The minimum absolute atomic E-state index is 0.0478. The Morgan fingerprint density at radius 3 is 2.72 bits per heavy atom. The molecule has 1 saturated carbocycles. The predicted molar refractivity (Wildman–Crippen MR) is 77.9 cm³/mol. The Balaban J connectivity index is 2.07. The van der Waals surface area contributed by atoms with E-state index < -0.39 is 5.82 Å². The summed E-state index contributed by atoms with van der Waals surface area (Å²) >= 11 is 13.3. The second-order valence-corrected chi connectivity index (χ2v) is 6.21. The average Bonchev–Trinajstić information content (AvgIpc) is 3.04. The molecule has 0 atom stereocenters. The van der Waals surface area contributed by atoms with Gasteiger partial charge in [-0.1, -0.05) is 11.6 Å². The van der Waals surface area contributed by atoms with Crippen molar-refractivity contribution >= 4 is 51.8 Å². The fourth-order valence-corrected chi connectivity index (χ4v) is 3.08. The highest BCUT2D eigenvalue weighted by Gasteiger charge is 2.42. The van der Waals surface area contributed by atoms with Gasteiger partial charge in [0.15, 0.2) is 0 Å². The van der Waals surface area contributed by atoms with E-state index in [0.717, 1.165) is 12.8 Å². The lowest BCUT2D eigenvalue weighted by atomic mass is 10.1. The number of amides is 1. The molecule has 0 heterocycles. The van der Waals surface area contributed by atoms with Gasteiger partial charge in [-0.3, -0.25) is 4.79 Å². The fraction of sp³-hybridized carbons (Fsp3) is 0.417. The van der Waals surface area contributed by atoms with Gasteiger partial charge in [0.2, 0.25) is 5.91 Å². The van der Waals surface area contributed by atoms with Crippen LogP contribution in [0.2, 0.25) is 5.02 Å². The second kappa shape index (κ2) is 5.39. The molecular weight excluding hydrogens is 341 g/mol. The largest absolute Gasteiger partial charge is 0.324 e. The lowest BCUT2D eigenvalue weighted by Crippen LogP contribution is -2.18. The number of thiol groups is 1. The van der Waals surface area contributed by atoms with Gasteiger partial charge in [-0.15, -0.1) is 0 Å². The Hall–Kier alpha value is -0.260. The molecule has 1 aromatic rings. The molecule has 0 unspecified atom stereocenters. The van der Waals surface area contributed by atoms with Gasteiger partial charge in [0, 0.05) is 10.9 Å². The van der Waals surface area contributed by atoms with Crippen LogP contribution in [0.5, 0.6) is 0 Å². The Bertz CT molecular complexity index is 470. The number of anilines is 1. The van der Waals surface area contributed by atoms with Crippen LogP contribution in [-0.4, -0.2) is 11.7 Å². The first-order chi connectivity index (χ1) is 8.46. The van der Waals surface area contributed by atoms with E-state index in [4.69, 9.17) is 11.6 Å². The number of hydrogen-bond donors (Lipinski definition) is 2. The molecule has 6 heteroatoms. The minimum atomic E-state index is -0.445. The Labute approximate surface area is 124 Å². The molecule has 1 aromatic carbocycles. The van der Waals surface area contributed by atoms with Gasteiger partial charge >= 0.3 is 0 Å². The summed E-state index contributed by atoms with van der Waals surface area (Å²) in [6, 6.07) is 2.44. The molecule has 1 fully saturated rings. The monoisotopic (exact) mass is 351 g/mol. The number of benzene rings is 1. The number of hydrogen-bond acceptors (Lipinski definition) is 2. The van der Waals surface area contributed by atoms with Gasteiger partial charge in [0.1, 0.15) is 5.82 Å². The van der Waals surface area contributed by atoms with E-state index in [1.165, 1.54) is 12.1 Å². The predicted octanol–water partition coefficient (Wildman–Crippen LogP) is 4.28. The molecule has 2 rings (SSSR count). The first kappa shape index (κ1) is 14.2. The lowest BCUT2D eigenvalue weighted by Gasteiger charge is -2.13. The maximum absolute atomic E-state index is 13.0. The molecule has 1 aliphatic rings. The Kier molecular flexibility index (Phi) is 4.24. The molecule has 1 amide bonds. The molecule has 1 aliphatic carbocycles. The third-order valence-electron chi connectivity index (χ3n) is 3.10. The molecular formula is C12H12BrClFNOS. The zero-order chi connectivity index (χ0) is 13.3. The third-order valence-corrected chi connectivity index (χ3v) is 4.69. The molecule has 0 saturated heterocycles. The average molecular weight is 353 g/mol. The van der Waals surface area contributed by atoms with Gasteiger partial charge in [-0.2, -0.15) is 12.6 Å². The number of rotatable bonds is 4. The van der Waals surface area contributed by atoms with E-state index in [9.17, 15) is 9.18 Å². The van der Waals surface area contributed by atoms with Crippen molar-refractivity contribution < 1.29 is 9.18 Å². The van der Waals surface area contributed by atoms with Crippen LogP contribution in [0.15, 0.2) is 16.6 Å². The molecule has 0 radical (unpaired) electrons. The smallest absolute Gasteiger partial charge is 0.225 e. The number of halogens is 3. The van der Waals surface area contributed by atoms with E-state index in [0.29, 0.717) is 22.3 Å². The van der Waals surface area contributed by atoms with Crippen LogP contribution in [0.25, 0.3) is 0 Å². The van der Waals surface area contributed by atoms with Gasteiger partial charge in [-0.05, 0) is 52.1 Å². The molecule has 2 nitrogen and oxygen atoms in total. The van der Waals surface area contributed by atoms with E-state index in [1.54, 1.807) is 0 Å². The molecule has 98 valence electrons. The summed E-state index contributed by atoms with van der Waals surface area (Å²) in [5.74, 6) is 0.147. The van der Waals surface area contributed by atoms with Gasteiger partial charge < -0.3 is 5.32 Å². The van der Waals surface area contributed by atoms with E-state index in [2.05, 4.69) is 33.9 Å². The minimum Gasteiger partial charge on any atom is -0.324 e.